The number of anilines is 1. The van der Waals surface area contributed by atoms with Crippen LogP contribution < -0.4 is 5.32 Å². The summed E-state index contributed by atoms with van der Waals surface area (Å²) in [6, 6.07) is 9.50. The average Bonchev–Trinajstić information content (AvgIpc) is 2.64. The van der Waals surface area contributed by atoms with Crippen LogP contribution in [0.4, 0.5) is 10.5 Å². The minimum Gasteiger partial charge on any atom is -0.383 e. The van der Waals surface area contributed by atoms with Gasteiger partial charge in [0.05, 0.1) is 6.61 Å². The molecule has 3 amide bonds. The van der Waals surface area contributed by atoms with Gasteiger partial charge in [0, 0.05) is 45.4 Å². The lowest BCUT2D eigenvalue weighted by Crippen LogP contribution is -2.53. The number of urea groups is 1. The predicted molar refractivity (Wildman–Crippen MR) is 96.4 cm³/mol. The van der Waals surface area contributed by atoms with Gasteiger partial charge in [-0.05, 0) is 36.8 Å². The Kier molecular flexibility index (Phi) is 5.58. The van der Waals surface area contributed by atoms with Gasteiger partial charge in [-0.25, -0.2) is 4.79 Å². The molecule has 0 bridgehead atoms. The number of benzene rings is 1. The Balaban J connectivity index is 1.54. The molecule has 25 heavy (non-hydrogen) atoms. The maximum atomic E-state index is 12.4. The van der Waals surface area contributed by atoms with E-state index < -0.39 is 0 Å². The monoisotopic (exact) mass is 345 g/mol. The number of rotatable bonds is 4. The standard InChI is InChI=1S/C19H27N3O3/c1-25-14-13-22-15-19(8-7-17(22)23)9-11-21(12-10-19)18(24)20-16-5-3-2-4-6-16/h2-6H,7-15H2,1H3,(H,20,24). The summed E-state index contributed by atoms with van der Waals surface area (Å²) in [5.41, 5.74) is 0.979. The van der Waals surface area contributed by atoms with Crippen LogP contribution in [0.5, 0.6) is 0 Å². The zero-order valence-corrected chi connectivity index (χ0v) is 14.9. The third kappa shape index (κ3) is 4.31. The van der Waals surface area contributed by atoms with Gasteiger partial charge in [-0.1, -0.05) is 18.2 Å². The molecule has 6 heteroatoms. The Bertz CT molecular complexity index is 597. The molecule has 0 aromatic heterocycles. The molecule has 2 aliphatic rings. The Morgan fingerprint density at radius 1 is 1.20 bits per heavy atom. The van der Waals surface area contributed by atoms with E-state index >= 15 is 0 Å². The molecular weight excluding hydrogens is 318 g/mol. The molecule has 0 aliphatic carbocycles. The molecule has 1 aromatic rings. The molecule has 0 saturated carbocycles. The summed E-state index contributed by atoms with van der Waals surface area (Å²) in [7, 11) is 1.66. The molecule has 6 nitrogen and oxygen atoms in total. The van der Waals surface area contributed by atoms with E-state index in [1.54, 1.807) is 7.11 Å². The van der Waals surface area contributed by atoms with E-state index in [2.05, 4.69) is 5.32 Å². The van der Waals surface area contributed by atoms with Gasteiger partial charge in [-0.2, -0.15) is 0 Å². The van der Waals surface area contributed by atoms with Crippen molar-refractivity contribution in [3.63, 3.8) is 0 Å². The van der Waals surface area contributed by atoms with E-state index in [0.29, 0.717) is 19.6 Å². The van der Waals surface area contributed by atoms with Crippen molar-refractivity contribution >= 4 is 17.6 Å². The highest BCUT2D eigenvalue weighted by atomic mass is 16.5. The van der Waals surface area contributed by atoms with Gasteiger partial charge in [-0.15, -0.1) is 0 Å². The molecule has 2 saturated heterocycles. The SMILES string of the molecule is COCCN1CC2(CCC1=O)CCN(C(=O)Nc1ccccc1)CC2. The van der Waals surface area contributed by atoms with Crippen LogP contribution in [0.3, 0.4) is 0 Å². The number of piperidine rings is 2. The Hall–Kier alpha value is -2.08. The number of likely N-dealkylation sites (tertiary alicyclic amines) is 2. The quantitative estimate of drug-likeness (QED) is 0.912. The number of carbonyl (C=O) groups is 2. The predicted octanol–water partition coefficient (Wildman–Crippen LogP) is 2.57. The molecule has 2 aliphatic heterocycles. The molecule has 1 spiro atoms. The number of ether oxygens (including phenoxy) is 1. The molecular formula is C19H27N3O3. The molecule has 1 aromatic carbocycles. The lowest BCUT2D eigenvalue weighted by molar-refractivity contribution is -0.139. The minimum atomic E-state index is -0.0378. The van der Waals surface area contributed by atoms with Crippen molar-refractivity contribution in [3.05, 3.63) is 30.3 Å². The van der Waals surface area contributed by atoms with Gasteiger partial charge in [0.2, 0.25) is 5.91 Å². The van der Waals surface area contributed by atoms with E-state index in [0.717, 1.165) is 44.6 Å². The third-order valence-corrected chi connectivity index (χ3v) is 5.45. The number of hydrogen-bond acceptors (Lipinski definition) is 3. The molecule has 3 rings (SSSR count). The molecule has 0 radical (unpaired) electrons. The van der Waals surface area contributed by atoms with Crippen molar-refractivity contribution in [2.45, 2.75) is 25.7 Å². The summed E-state index contributed by atoms with van der Waals surface area (Å²) >= 11 is 0. The van der Waals surface area contributed by atoms with Gasteiger partial charge in [0.15, 0.2) is 0 Å². The smallest absolute Gasteiger partial charge is 0.321 e. The van der Waals surface area contributed by atoms with Crippen LogP contribution in [0.1, 0.15) is 25.7 Å². The van der Waals surface area contributed by atoms with Crippen molar-refractivity contribution in [3.8, 4) is 0 Å². The number of para-hydroxylation sites is 1. The number of nitrogens with zero attached hydrogens (tertiary/aromatic N) is 2. The van der Waals surface area contributed by atoms with Crippen LogP contribution in [0, 0.1) is 5.41 Å². The summed E-state index contributed by atoms with van der Waals surface area (Å²) in [6.07, 6.45) is 3.45. The van der Waals surface area contributed by atoms with Crippen molar-refractivity contribution < 1.29 is 14.3 Å². The summed E-state index contributed by atoms with van der Waals surface area (Å²) in [5, 5.41) is 2.95. The zero-order chi connectivity index (χ0) is 17.7. The largest absolute Gasteiger partial charge is 0.383 e. The number of carbonyl (C=O) groups excluding carboxylic acids is 2. The summed E-state index contributed by atoms with van der Waals surface area (Å²) in [6.45, 7) is 3.52. The summed E-state index contributed by atoms with van der Waals surface area (Å²) < 4.78 is 5.12. The van der Waals surface area contributed by atoms with Gasteiger partial charge < -0.3 is 19.9 Å². The molecule has 0 atom stereocenters. The average molecular weight is 345 g/mol. The van der Waals surface area contributed by atoms with Crippen LogP contribution in [-0.4, -0.2) is 61.6 Å². The number of hydrogen-bond donors (Lipinski definition) is 1. The van der Waals surface area contributed by atoms with Gasteiger partial charge in [0.25, 0.3) is 0 Å². The first-order valence-corrected chi connectivity index (χ1v) is 9.00. The second kappa shape index (κ2) is 7.87. The highest BCUT2D eigenvalue weighted by Crippen LogP contribution is 2.40. The molecule has 2 fully saturated rings. The minimum absolute atomic E-state index is 0.0378. The molecule has 2 heterocycles. The fraction of sp³-hybridized carbons (Fsp3) is 0.579. The van der Waals surface area contributed by atoms with Crippen LogP contribution >= 0.6 is 0 Å². The summed E-state index contributed by atoms with van der Waals surface area (Å²) in [4.78, 5) is 28.3. The number of methoxy groups -OCH3 is 1. The number of amides is 3. The van der Waals surface area contributed by atoms with E-state index in [1.807, 2.05) is 40.1 Å². The highest BCUT2D eigenvalue weighted by molar-refractivity contribution is 5.89. The van der Waals surface area contributed by atoms with Crippen molar-refractivity contribution in [2.24, 2.45) is 5.41 Å². The summed E-state index contributed by atoms with van der Waals surface area (Å²) in [5.74, 6) is 0.229. The Morgan fingerprint density at radius 3 is 2.60 bits per heavy atom. The fourth-order valence-electron chi connectivity index (χ4n) is 3.82. The second-order valence-corrected chi connectivity index (χ2v) is 7.09. The first-order chi connectivity index (χ1) is 12.1. The van der Waals surface area contributed by atoms with Crippen molar-refractivity contribution in [1.82, 2.24) is 9.80 Å². The van der Waals surface area contributed by atoms with E-state index in [4.69, 9.17) is 4.74 Å². The Labute approximate surface area is 149 Å². The van der Waals surface area contributed by atoms with Crippen LogP contribution in [0.15, 0.2) is 30.3 Å². The number of nitrogens with one attached hydrogen (secondary N) is 1. The highest BCUT2D eigenvalue weighted by Gasteiger charge is 2.41. The van der Waals surface area contributed by atoms with Gasteiger partial charge in [0.1, 0.15) is 0 Å². The third-order valence-electron chi connectivity index (χ3n) is 5.45. The van der Waals surface area contributed by atoms with E-state index in [-0.39, 0.29) is 17.4 Å². The van der Waals surface area contributed by atoms with Gasteiger partial charge in [-0.3, -0.25) is 4.79 Å². The Morgan fingerprint density at radius 2 is 1.92 bits per heavy atom. The molecule has 136 valence electrons. The lowest BCUT2D eigenvalue weighted by Gasteiger charge is -2.47. The van der Waals surface area contributed by atoms with Crippen LogP contribution in [0.25, 0.3) is 0 Å². The molecule has 0 unspecified atom stereocenters. The van der Waals surface area contributed by atoms with Crippen molar-refractivity contribution in [1.29, 1.82) is 0 Å². The van der Waals surface area contributed by atoms with Crippen molar-refractivity contribution in [2.75, 3.05) is 45.2 Å². The van der Waals surface area contributed by atoms with E-state index in [1.165, 1.54) is 0 Å². The zero-order valence-electron chi connectivity index (χ0n) is 14.9. The van der Waals surface area contributed by atoms with Crippen LogP contribution in [0.2, 0.25) is 0 Å². The van der Waals surface area contributed by atoms with Gasteiger partial charge >= 0.3 is 6.03 Å². The maximum Gasteiger partial charge on any atom is 0.321 e. The first-order valence-electron chi connectivity index (χ1n) is 9.00. The second-order valence-electron chi connectivity index (χ2n) is 7.09. The maximum absolute atomic E-state index is 12.4. The van der Waals surface area contributed by atoms with Crippen LogP contribution in [-0.2, 0) is 9.53 Å². The fourth-order valence-corrected chi connectivity index (χ4v) is 3.82. The first kappa shape index (κ1) is 17.7. The normalized spacial score (nSPS) is 20.0. The lowest BCUT2D eigenvalue weighted by atomic mass is 9.72. The van der Waals surface area contributed by atoms with E-state index in [9.17, 15) is 9.59 Å². The molecule has 1 N–H and O–H groups in total. The topological polar surface area (TPSA) is 61.9 Å².